The van der Waals surface area contributed by atoms with Crippen LogP contribution in [0.4, 0.5) is 0 Å². The van der Waals surface area contributed by atoms with E-state index < -0.39 is 11.2 Å². The van der Waals surface area contributed by atoms with Crippen LogP contribution in [0.1, 0.15) is 103 Å². The van der Waals surface area contributed by atoms with Crippen molar-refractivity contribution in [3.63, 3.8) is 0 Å². The molecule has 0 aliphatic rings. The summed E-state index contributed by atoms with van der Waals surface area (Å²) in [6.45, 7) is 16.1. The third-order valence-corrected chi connectivity index (χ3v) is 15.9. The van der Waals surface area contributed by atoms with Gasteiger partial charge in [-0.2, -0.15) is 9.97 Å². The van der Waals surface area contributed by atoms with Gasteiger partial charge in [-0.05, 0) is 108 Å². The van der Waals surface area contributed by atoms with Gasteiger partial charge in [0.05, 0.1) is 46.1 Å². The first kappa shape index (κ1) is 75.9. The second-order valence-electron chi connectivity index (χ2n) is 21.8. The average Bonchev–Trinajstić information content (AvgIpc) is 1.59. The van der Waals surface area contributed by atoms with Crippen LogP contribution in [0.3, 0.4) is 0 Å². The molecule has 0 radical (unpaired) electrons. The van der Waals surface area contributed by atoms with Crippen LogP contribution in [0.2, 0.25) is 15.1 Å². The molecule has 3 aromatic carbocycles. The highest BCUT2D eigenvalue weighted by Crippen LogP contribution is 2.24. The number of imidazole rings is 3. The molecule has 9 aromatic rings. The number of rotatable bonds is 31. The molecular weight excluding hydrogens is 1340 g/mol. The maximum Gasteiger partial charge on any atom is 0.332 e. The second-order valence-corrected chi connectivity index (χ2v) is 23.8. The summed E-state index contributed by atoms with van der Waals surface area (Å²) in [5, 5.41) is 19.2. The van der Waals surface area contributed by atoms with Gasteiger partial charge in [0.2, 0.25) is 0 Å². The zero-order chi connectivity index (χ0) is 68.4. The molecule has 0 bridgehead atoms. The van der Waals surface area contributed by atoms with Crippen molar-refractivity contribution in [2.75, 3.05) is 66.1 Å². The molecule has 0 fully saturated rings. The highest BCUT2D eigenvalue weighted by molar-refractivity contribution is 9.10. The average molecular weight is 1430 g/mol. The monoisotopic (exact) mass is 1430 g/mol. The van der Waals surface area contributed by atoms with Crippen LogP contribution in [0.15, 0.2) is 106 Å². The normalized spacial score (nSPS) is 11.2. The summed E-state index contributed by atoms with van der Waals surface area (Å²) < 4.78 is 41.1. The first-order chi connectivity index (χ1) is 45.3. The number of hydrogen-bond donors (Lipinski definition) is 2. The molecule has 0 saturated carbocycles. The Balaban J connectivity index is 0.000000213. The molecule has 25 nitrogen and oxygen atoms in total. The smallest absolute Gasteiger partial charge is 0.332 e. The second kappa shape index (κ2) is 38.4. The molecule has 29 heteroatoms. The number of nitrogens with zero attached hydrogens (tertiary/aromatic N) is 12. The summed E-state index contributed by atoms with van der Waals surface area (Å²) in [6, 6.07) is 22.5. The minimum Gasteiger partial charge on any atom is -0.462 e. The highest BCUT2D eigenvalue weighted by Gasteiger charge is 2.24. The van der Waals surface area contributed by atoms with Crippen LogP contribution in [-0.2, 0) is 74.6 Å². The van der Waals surface area contributed by atoms with E-state index in [1.54, 1.807) is 71.2 Å². The minimum atomic E-state index is -0.486. The topological polar surface area (TPSA) is 272 Å². The fraction of sp³-hybridized carbons (Fsp3) is 0.492. The van der Waals surface area contributed by atoms with Crippen LogP contribution in [0.25, 0.3) is 33.5 Å². The van der Waals surface area contributed by atoms with E-state index in [0.29, 0.717) is 121 Å². The molecule has 0 spiro atoms. The fourth-order valence-electron chi connectivity index (χ4n) is 9.66. The molecule has 0 aliphatic carbocycles. The quantitative estimate of drug-likeness (QED) is 0.0304. The lowest BCUT2D eigenvalue weighted by Gasteiger charge is -2.11. The van der Waals surface area contributed by atoms with Gasteiger partial charge in [-0.15, -0.1) is 0 Å². The summed E-state index contributed by atoms with van der Waals surface area (Å²) >= 11 is 21.4. The third-order valence-electron chi connectivity index (χ3n) is 14.6. The molecule has 0 aliphatic heterocycles. The number of aromatic nitrogens is 12. The van der Waals surface area contributed by atoms with Crippen molar-refractivity contribution < 1.29 is 33.9 Å². The number of hydrogen-bond acceptors (Lipinski definition) is 16. The predicted molar refractivity (Wildman–Crippen MR) is 370 cm³/mol. The van der Waals surface area contributed by atoms with Crippen LogP contribution >= 0.6 is 50.7 Å². The van der Waals surface area contributed by atoms with E-state index >= 15 is 0 Å². The number of halogens is 4. The summed E-state index contributed by atoms with van der Waals surface area (Å²) in [4.78, 5) is 90.7. The first-order valence-electron chi connectivity index (χ1n) is 31.5. The van der Waals surface area contributed by atoms with Crippen LogP contribution in [0.5, 0.6) is 12.0 Å². The van der Waals surface area contributed by atoms with E-state index in [-0.39, 0.29) is 72.0 Å². The van der Waals surface area contributed by atoms with Crippen molar-refractivity contribution in [2.45, 2.75) is 125 Å². The lowest BCUT2D eigenvalue weighted by Crippen LogP contribution is -2.39. The lowest BCUT2D eigenvalue weighted by molar-refractivity contribution is 0.0928. The molecule has 0 unspecified atom stereocenters. The predicted octanol–water partition coefficient (Wildman–Crippen LogP) is 8.56. The molecule has 512 valence electrons. The maximum atomic E-state index is 13.3. The van der Waals surface area contributed by atoms with Gasteiger partial charge < -0.3 is 38.5 Å². The number of aryl methyl sites for hydroxylation is 3. The Labute approximate surface area is 567 Å². The van der Waals surface area contributed by atoms with E-state index in [1.165, 1.54) is 22.8 Å². The number of fused-ring (bicyclic) bond motifs is 3. The van der Waals surface area contributed by atoms with Crippen molar-refractivity contribution in [3.8, 4) is 12.0 Å². The summed E-state index contributed by atoms with van der Waals surface area (Å²) in [5.41, 5.74) is 2.44. The van der Waals surface area contributed by atoms with Crippen molar-refractivity contribution in [1.29, 1.82) is 0 Å². The fourth-order valence-corrected chi connectivity index (χ4v) is 10.5. The minimum absolute atomic E-state index is 0.116. The van der Waals surface area contributed by atoms with Crippen molar-refractivity contribution in [2.24, 2.45) is 21.1 Å². The Hall–Kier alpha value is -7.14. The van der Waals surface area contributed by atoms with Crippen molar-refractivity contribution in [1.82, 2.24) is 56.1 Å². The summed E-state index contributed by atoms with van der Waals surface area (Å²) in [7, 11) is 4.83. The van der Waals surface area contributed by atoms with E-state index in [2.05, 4.69) is 30.9 Å². The number of aliphatic hydroxyl groups excluding tert-OH is 2. The van der Waals surface area contributed by atoms with Gasteiger partial charge in [-0.25, -0.2) is 19.4 Å². The van der Waals surface area contributed by atoms with Gasteiger partial charge in [0.1, 0.15) is 13.2 Å². The van der Waals surface area contributed by atoms with E-state index in [4.69, 9.17) is 68.7 Å². The number of aliphatic hydroxyl groups is 2. The van der Waals surface area contributed by atoms with Gasteiger partial charge in [-0.1, -0.05) is 119 Å². The van der Waals surface area contributed by atoms with Crippen molar-refractivity contribution in [3.05, 3.63) is 172 Å². The zero-order valence-electron chi connectivity index (χ0n) is 54.7. The Kier molecular flexibility index (Phi) is 31.0. The molecule has 6 heterocycles. The Morgan fingerprint density at radius 2 is 0.713 bits per heavy atom. The van der Waals surface area contributed by atoms with Crippen LogP contribution < -0.4 is 43.2 Å². The largest absolute Gasteiger partial charge is 0.462 e. The summed E-state index contributed by atoms with van der Waals surface area (Å²) in [6.07, 6.45) is 6.45. The molecule has 0 amide bonds. The Bertz CT molecular complexity index is 4060. The van der Waals surface area contributed by atoms with Gasteiger partial charge in [0, 0.05) is 82.3 Å². The van der Waals surface area contributed by atoms with Crippen molar-refractivity contribution >= 4 is 84.2 Å². The van der Waals surface area contributed by atoms with Gasteiger partial charge >= 0.3 is 17.1 Å². The van der Waals surface area contributed by atoms with E-state index in [1.807, 2.05) is 71.0 Å². The first-order valence-corrected chi connectivity index (χ1v) is 33.4. The van der Waals surface area contributed by atoms with Gasteiger partial charge in [0.15, 0.2) is 38.2 Å². The number of benzene rings is 3. The Morgan fingerprint density at radius 1 is 0.394 bits per heavy atom. The van der Waals surface area contributed by atoms with Crippen LogP contribution in [-0.4, -0.2) is 132 Å². The molecule has 2 N–H and O–H groups in total. The molecular formula is C65H86BrCl3N12O13. The van der Waals surface area contributed by atoms with E-state index in [0.717, 1.165) is 72.8 Å². The molecule has 0 saturated heterocycles. The molecule has 9 rings (SSSR count). The van der Waals surface area contributed by atoms with E-state index in [9.17, 15) is 28.8 Å². The van der Waals surface area contributed by atoms with Gasteiger partial charge in [0.25, 0.3) is 28.7 Å². The molecule has 0 atom stereocenters. The number of unbranched alkanes of at least 4 members (excludes halogenated alkanes) is 2. The molecule has 94 heavy (non-hydrogen) atoms. The van der Waals surface area contributed by atoms with Crippen LogP contribution in [0, 0.1) is 0 Å². The SMILES string of the molecule is CCCCn1c(=O)c2c(nc(Br)n2Cc2ccc(Cl)cc2)n(C)c1=O.CCCCn1c(=O)c2c(nc(OCCOCCC)n2Cc2ccc(Cl)cc2)n(C)c1=O.CCCOCCO.CCCOCCOc1nc2c(c(=O)n(CCCO)c(=O)n2C)n1Cc1ccc(Cl)cc1. The number of ether oxygens (including phenoxy) is 5. The van der Waals surface area contributed by atoms with Gasteiger partial charge in [-0.3, -0.25) is 50.9 Å². The molecule has 6 aromatic heterocycles. The standard InChI is InChI=1S/C22H29ClN4O4.C21H27ClN4O5.C17H18BrClN4O2.C5H12O2/c1-4-6-11-26-20(28)18-19(25(3)22(26)29)24-21(31-14-13-30-12-5-2)27(18)15-16-7-9-17(23)10-8-16;1-3-11-30-12-13-31-20-23-18-17(26(20)14-15-5-7-16(22)8-6-15)19(28)25(9-4-10-27)21(29)24(18)2;1-3-4-9-22-15(24)13-14(21(2)17(22)25)20-16(18)23(13)10-11-5-7-12(19)8-6-11;1-2-4-7-5-3-6/h7-10H,4-6,11-15H2,1-3H3;5-8,27H,3-4,9-14H2,1-2H3;5-8H,3-4,9-10H2,1-2H3;6H,2-5H2,1H3. The lowest BCUT2D eigenvalue weighted by atomic mass is 10.2. The third kappa shape index (κ3) is 20.0. The Morgan fingerprint density at radius 3 is 1.04 bits per heavy atom. The zero-order valence-corrected chi connectivity index (χ0v) is 58.5. The highest BCUT2D eigenvalue weighted by atomic mass is 79.9. The summed E-state index contributed by atoms with van der Waals surface area (Å²) in [5.74, 6) is 0. The maximum absolute atomic E-state index is 13.3.